The van der Waals surface area contributed by atoms with Crippen LogP contribution in [-0.2, 0) is 9.59 Å². The molecular formula is C26H52KLiO4. The van der Waals surface area contributed by atoms with E-state index in [4.69, 9.17) is 10.2 Å². The summed E-state index contributed by atoms with van der Waals surface area (Å²) in [5, 5.41) is 16.8. The van der Waals surface area contributed by atoms with E-state index in [0.717, 1.165) is 5.92 Å². The van der Waals surface area contributed by atoms with E-state index >= 15 is 0 Å². The van der Waals surface area contributed by atoms with Gasteiger partial charge >= 0.3 is 215 Å². The molecule has 0 rings (SSSR count). The molecule has 0 fully saturated rings. The zero-order valence-corrected chi connectivity index (χ0v) is 21.1. The van der Waals surface area contributed by atoms with Gasteiger partial charge in [-0.05, 0) is 0 Å². The second-order valence-electron chi connectivity index (χ2n) is 9.12. The van der Waals surface area contributed by atoms with E-state index in [1.165, 1.54) is 127 Å². The molecule has 0 aromatic heterocycles. The third kappa shape index (κ3) is 35.8. The number of carbonyl (C=O) groups is 2. The van der Waals surface area contributed by atoms with Crippen LogP contribution in [-0.4, -0.2) is 91.3 Å². The van der Waals surface area contributed by atoms with E-state index in [2.05, 4.69) is 31.6 Å². The van der Waals surface area contributed by atoms with E-state index in [1.807, 2.05) is 0 Å². The fourth-order valence-electron chi connectivity index (χ4n) is 3.99. The first-order valence-corrected chi connectivity index (χ1v) is 13.4. The van der Waals surface area contributed by atoms with Crippen LogP contribution in [0.2, 0.25) is 5.09 Å². The molecule has 0 aromatic carbocycles. The summed E-state index contributed by atoms with van der Waals surface area (Å²) in [5.41, 5.74) is 0. The minimum absolute atomic E-state index is 0. The van der Waals surface area contributed by atoms with Crippen molar-refractivity contribution in [2.24, 2.45) is 5.92 Å². The number of hydrogen-bond acceptors (Lipinski definition) is 2. The first kappa shape index (κ1) is 37.7. The Morgan fingerprint density at radius 2 is 0.875 bits per heavy atom. The van der Waals surface area contributed by atoms with Gasteiger partial charge in [-0.3, -0.25) is 9.59 Å². The summed E-state index contributed by atoms with van der Waals surface area (Å²) in [5.74, 6) is -1.60. The van der Waals surface area contributed by atoms with Gasteiger partial charge in [-0.1, -0.05) is 13.3 Å². The second kappa shape index (κ2) is 32.2. The molecule has 4 nitrogen and oxygen atoms in total. The molecule has 6 heteroatoms. The Kier molecular flexibility index (Phi) is 37.9. The number of hydrogen-bond donors (Lipinski definition) is 2. The molecule has 32 heavy (non-hydrogen) atoms. The van der Waals surface area contributed by atoms with Gasteiger partial charge in [-0.15, -0.1) is 0 Å². The van der Waals surface area contributed by atoms with Gasteiger partial charge < -0.3 is 10.2 Å². The predicted octanol–water partition coefficient (Wildman–Crippen LogP) is 7.54. The van der Waals surface area contributed by atoms with E-state index in [1.54, 1.807) is 0 Å². The third-order valence-corrected chi connectivity index (χ3v) is 6.06. The van der Waals surface area contributed by atoms with E-state index in [9.17, 15) is 9.59 Å². The van der Waals surface area contributed by atoms with Gasteiger partial charge in [0.05, 0.1) is 0 Å². The zero-order valence-electron chi connectivity index (χ0n) is 21.1. The fraction of sp³-hybridized carbons (Fsp3) is 0.923. The van der Waals surface area contributed by atoms with Crippen LogP contribution in [0.1, 0.15) is 142 Å². The number of carboxylic acid groups (broad SMARTS) is 2. The molecular weight excluding hydrogens is 422 g/mol. The van der Waals surface area contributed by atoms with Crippen LogP contribution in [0, 0.1) is 5.92 Å². The summed E-state index contributed by atoms with van der Waals surface area (Å²) in [6.45, 7) is 4.61. The van der Waals surface area contributed by atoms with Gasteiger partial charge in [-0.25, -0.2) is 0 Å². The van der Waals surface area contributed by atoms with Crippen LogP contribution in [0.3, 0.4) is 0 Å². The van der Waals surface area contributed by atoms with E-state index < -0.39 is 18.4 Å². The molecule has 0 bridgehead atoms. The quantitative estimate of drug-likeness (QED) is 0.0965. The molecule has 0 aliphatic carbocycles. The Hall–Kier alpha value is 1.17. The number of carboxylic acids is 2. The minimum Gasteiger partial charge on any atom is -0.0654 e. The van der Waals surface area contributed by atoms with Crippen LogP contribution in [0.5, 0.6) is 0 Å². The van der Waals surface area contributed by atoms with Gasteiger partial charge in [0.25, 0.3) is 0 Å². The van der Waals surface area contributed by atoms with Crippen molar-refractivity contribution in [2.45, 2.75) is 147 Å². The third-order valence-electron chi connectivity index (χ3n) is 6.06. The maximum atomic E-state index is 9.43. The van der Waals surface area contributed by atoms with Crippen molar-refractivity contribution in [1.29, 1.82) is 0 Å². The average Bonchev–Trinajstić information content (AvgIpc) is 2.72. The molecule has 1 unspecified atom stereocenters. The maximum absolute atomic E-state index is 9.43. The Labute approximate surface area is 251 Å². The van der Waals surface area contributed by atoms with E-state index in [-0.39, 0.29) is 51.4 Å². The first-order chi connectivity index (χ1) is 15.0. The Balaban J connectivity index is -0.000000903. The topological polar surface area (TPSA) is 74.6 Å². The van der Waals surface area contributed by atoms with Gasteiger partial charge in [0, 0.05) is 0 Å². The van der Waals surface area contributed by atoms with Gasteiger partial charge in [0.1, 0.15) is 6.42 Å². The number of unbranched alkanes of at least 4 members (excludes halogenated alkanes) is 15. The van der Waals surface area contributed by atoms with Crippen LogP contribution < -0.4 is 0 Å². The normalized spacial score (nSPS) is 11.2. The Morgan fingerprint density at radius 1 is 0.594 bits per heavy atom. The average molecular weight is 475 g/mol. The molecule has 0 saturated heterocycles. The SMILES string of the molecule is O=C(O)CC(=O)O.[KH].[Li][CH2]C(CCCCCCCCC)CCCCCCCCCCCC. The van der Waals surface area contributed by atoms with Crippen molar-refractivity contribution in [3.8, 4) is 0 Å². The molecule has 0 radical (unpaired) electrons. The van der Waals surface area contributed by atoms with Crippen molar-refractivity contribution in [3.05, 3.63) is 0 Å². The fourth-order valence-corrected chi connectivity index (χ4v) is 3.99. The van der Waals surface area contributed by atoms with E-state index in [0.29, 0.717) is 0 Å². The molecule has 0 spiro atoms. The van der Waals surface area contributed by atoms with Crippen LogP contribution in [0.15, 0.2) is 0 Å². The Bertz CT molecular complexity index is 382. The first-order valence-electron chi connectivity index (χ1n) is 13.4. The molecule has 2 N–H and O–H groups in total. The van der Waals surface area contributed by atoms with Crippen molar-refractivity contribution in [3.63, 3.8) is 0 Å². The number of aliphatic carboxylic acids is 2. The summed E-state index contributed by atoms with van der Waals surface area (Å²) < 4.78 is 0. The van der Waals surface area contributed by atoms with Crippen LogP contribution in [0.4, 0.5) is 0 Å². The van der Waals surface area contributed by atoms with Crippen LogP contribution in [0.25, 0.3) is 0 Å². The molecule has 0 aromatic rings. The van der Waals surface area contributed by atoms with Gasteiger partial charge in [0.15, 0.2) is 0 Å². The predicted molar refractivity (Wildman–Crippen MR) is 140 cm³/mol. The van der Waals surface area contributed by atoms with Crippen molar-refractivity contribution >= 4 is 81.0 Å². The summed E-state index contributed by atoms with van der Waals surface area (Å²) in [6, 6.07) is 0. The summed E-state index contributed by atoms with van der Waals surface area (Å²) in [4.78, 5) is 18.9. The Morgan fingerprint density at radius 3 is 1.09 bits per heavy atom. The molecule has 0 saturated carbocycles. The van der Waals surface area contributed by atoms with Crippen molar-refractivity contribution in [2.75, 3.05) is 0 Å². The molecule has 0 heterocycles. The van der Waals surface area contributed by atoms with Crippen molar-refractivity contribution < 1.29 is 19.8 Å². The smallest absolute Gasteiger partial charge is 0.0654 e. The summed E-state index contributed by atoms with van der Waals surface area (Å²) >= 11 is 2.40. The monoisotopic (exact) mass is 474 g/mol. The van der Waals surface area contributed by atoms with Gasteiger partial charge in [-0.2, -0.15) is 0 Å². The number of rotatable bonds is 22. The standard InChI is InChI=1S/C23H47.C3H4O4.K.Li.H/c1-4-6-8-10-12-13-14-16-18-20-22-23(3)21-19-17-15-11-9-7-5-2;4-2(5)1-3(6)7;;;/h23H,3-22H2,1-2H3;1H2,(H,4,5)(H,6,7);;;. The second-order valence-corrected chi connectivity index (χ2v) is 9.12. The molecule has 182 valence electrons. The van der Waals surface area contributed by atoms with Crippen molar-refractivity contribution in [1.82, 2.24) is 0 Å². The molecule has 1 atom stereocenters. The summed E-state index contributed by atoms with van der Waals surface area (Å²) in [6.07, 6.45) is 27.1. The molecule has 0 aliphatic rings. The summed E-state index contributed by atoms with van der Waals surface area (Å²) in [7, 11) is 0. The van der Waals surface area contributed by atoms with Gasteiger partial charge in [0.2, 0.25) is 0 Å². The minimum atomic E-state index is -1.31. The van der Waals surface area contributed by atoms with Crippen LogP contribution >= 0.6 is 0 Å². The molecule has 0 amide bonds. The molecule has 0 aliphatic heterocycles. The zero-order chi connectivity index (χ0) is 23.6.